The zero-order valence-corrected chi connectivity index (χ0v) is 12.0. The first-order valence-corrected chi connectivity index (χ1v) is 7.26. The fourth-order valence-electron chi connectivity index (χ4n) is 3.01. The Bertz CT molecular complexity index is 295. The van der Waals surface area contributed by atoms with Gasteiger partial charge in [-0.05, 0) is 38.5 Å². The molecule has 2 aliphatic rings. The second-order valence-corrected chi connectivity index (χ2v) is 5.89. The normalized spacial score (nSPS) is 31.4. The molecule has 0 unspecified atom stereocenters. The standard InChI is InChI=1S/C15H27NO2/c1-12-5-4-6-13(2)14(12)11-16-8-7-15(3)17-9-10-18-15/h5,13-14,16H,4,6-11H2,1-3H3/t13-,14+/m1/s1. The third-order valence-electron chi connectivity index (χ3n) is 4.38. The largest absolute Gasteiger partial charge is 0.348 e. The van der Waals surface area contributed by atoms with Crippen molar-refractivity contribution in [2.45, 2.75) is 45.8 Å². The zero-order chi connectivity index (χ0) is 13.0. The predicted molar refractivity (Wildman–Crippen MR) is 73.4 cm³/mol. The highest BCUT2D eigenvalue weighted by molar-refractivity contribution is 5.09. The summed E-state index contributed by atoms with van der Waals surface area (Å²) in [7, 11) is 0. The zero-order valence-electron chi connectivity index (χ0n) is 12.0. The van der Waals surface area contributed by atoms with Crippen LogP contribution in [0.1, 0.15) is 40.0 Å². The molecule has 104 valence electrons. The molecule has 2 atom stereocenters. The summed E-state index contributed by atoms with van der Waals surface area (Å²) in [5.41, 5.74) is 1.56. The van der Waals surface area contributed by atoms with E-state index in [0.29, 0.717) is 5.92 Å². The van der Waals surface area contributed by atoms with Crippen LogP contribution in [0, 0.1) is 11.8 Å². The highest BCUT2D eigenvalue weighted by Crippen LogP contribution is 2.29. The molecule has 0 aromatic heterocycles. The summed E-state index contributed by atoms with van der Waals surface area (Å²) in [6.45, 7) is 10.2. The molecule has 1 aliphatic carbocycles. The summed E-state index contributed by atoms with van der Waals surface area (Å²) >= 11 is 0. The molecule has 0 radical (unpaired) electrons. The first kappa shape index (κ1) is 14.0. The number of hydrogen-bond donors (Lipinski definition) is 1. The monoisotopic (exact) mass is 253 g/mol. The first-order valence-electron chi connectivity index (χ1n) is 7.26. The van der Waals surface area contributed by atoms with Crippen LogP contribution in [0.5, 0.6) is 0 Å². The average Bonchev–Trinajstić information content (AvgIpc) is 2.75. The van der Waals surface area contributed by atoms with E-state index < -0.39 is 0 Å². The Morgan fingerprint density at radius 3 is 2.78 bits per heavy atom. The number of allylic oxidation sites excluding steroid dienone is 1. The lowest BCUT2D eigenvalue weighted by atomic mass is 9.80. The molecule has 2 rings (SSSR count). The van der Waals surface area contributed by atoms with Crippen molar-refractivity contribution in [2.75, 3.05) is 26.3 Å². The van der Waals surface area contributed by atoms with Gasteiger partial charge in [0.05, 0.1) is 13.2 Å². The van der Waals surface area contributed by atoms with Crippen molar-refractivity contribution < 1.29 is 9.47 Å². The van der Waals surface area contributed by atoms with Crippen LogP contribution in [-0.2, 0) is 9.47 Å². The van der Waals surface area contributed by atoms with Gasteiger partial charge in [-0.1, -0.05) is 18.6 Å². The maximum Gasteiger partial charge on any atom is 0.166 e. The van der Waals surface area contributed by atoms with Crippen LogP contribution in [-0.4, -0.2) is 32.1 Å². The lowest BCUT2D eigenvalue weighted by Crippen LogP contribution is -2.35. The number of nitrogens with one attached hydrogen (secondary N) is 1. The van der Waals surface area contributed by atoms with Crippen LogP contribution in [0.25, 0.3) is 0 Å². The highest BCUT2D eigenvalue weighted by atomic mass is 16.7. The lowest BCUT2D eigenvalue weighted by Gasteiger charge is -2.29. The van der Waals surface area contributed by atoms with Crippen molar-refractivity contribution in [1.29, 1.82) is 0 Å². The quantitative estimate of drug-likeness (QED) is 0.603. The molecule has 1 fully saturated rings. The molecule has 0 spiro atoms. The van der Waals surface area contributed by atoms with Crippen molar-refractivity contribution in [3.8, 4) is 0 Å². The molecule has 1 aliphatic heterocycles. The molecule has 0 saturated carbocycles. The van der Waals surface area contributed by atoms with Gasteiger partial charge in [0.25, 0.3) is 0 Å². The van der Waals surface area contributed by atoms with E-state index in [1.54, 1.807) is 5.57 Å². The average molecular weight is 253 g/mol. The van der Waals surface area contributed by atoms with Gasteiger partial charge in [-0.2, -0.15) is 0 Å². The Kier molecular flexibility index (Phi) is 4.82. The predicted octanol–water partition coefficient (Wildman–Crippen LogP) is 2.72. The van der Waals surface area contributed by atoms with Crippen LogP contribution >= 0.6 is 0 Å². The molecular formula is C15H27NO2. The van der Waals surface area contributed by atoms with Crippen molar-refractivity contribution >= 4 is 0 Å². The maximum absolute atomic E-state index is 5.60. The fraction of sp³-hybridized carbons (Fsp3) is 0.867. The molecule has 0 bridgehead atoms. The summed E-state index contributed by atoms with van der Waals surface area (Å²) in [5, 5.41) is 3.57. The Labute approximate surface area is 111 Å². The van der Waals surface area contributed by atoms with Crippen LogP contribution in [0.4, 0.5) is 0 Å². The minimum absolute atomic E-state index is 0.351. The van der Waals surface area contributed by atoms with Crippen LogP contribution in [0.3, 0.4) is 0 Å². The van der Waals surface area contributed by atoms with E-state index in [0.717, 1.165) is 38.6 Å². The molecule has 0 amide bonds. The van der Waals surface area contributed by atoms with E-state index in [2.05, 4.69) is 25.2 Å². The summed E-state index contributed by atoms with van der Waals surface area (Å²) in [6.07, 6.45) is 5.91. The SMILES string of the molecule is CC1=CCC[C@@H](C)[C@H]1CNCCC1(C)OCCO1. The Hall–Kier alpha value is -0.380. The van der Waals surface area contributed by atoms with Crippen LogP contribution in [0.15, 0.2) is 11.6 Å². The van der Waals surface area contributed by atoms with Crippen molar-refractivity contribution in [3.63, 3.8) is 0 Å². The maximum atomic E-state index is 5.60. The number of hydrogen-bond acceptors (Lipinski definition) is 3. The number of ether oxygens (including phenoxy) is 2. The third-order valence-corrected chi connectivity index (χ3v) is 4.38. The van der Waals surface area contributed by atoms with Gasteiger partial charge in [-0.25, -0.2) is 0 Å². The Balaban J connectivity index is 1.68. The summed E-state index contributed by atoms with van der Waals surface area (Å²) < 4.78 is 11.2. The van der Waals surface area contributed by atoms with Gasteiger partial charge in [0.15, 0.2) is 5.79 Å². The van der Waals surface area contributed by atoms with Crippen molar-refractivity contribution in [2.24, 2.45) is 11.8 Å². The van der Waals surface area contributed by atoms with E-state index in [4.69, 9.17) is 9.47 Å². The van der Waals surface area contributed by atoms with Gasteiger partial charge in [0.1, 0.15) is 0 Å². The number of rotatable bonds is 5. The summed E-state index contributed by atoms with van der Waals surface area (Å²) in [6, 6.07) is 0. The third kappa shape index (κ3) is 3.56. The second kappa shape index (κ2) is 6.18. The van der Waals surface area contributed by atoms with E-state index >= 15 is 0 Å². The van der Waals surface area contributed by atoms with Crippen LogP contribution < -0.4 is 5.32 Å². The molecule has 1 N–H and O–H groups in total. The molecule has 1 heterocycles. The molecular weight excluding hydrogens is 226 g/mol. The lowest BCUT2D eigenvalue weighted by molar-refractivity contribution is -0.145. The second-order valence-electron chi connectivity index (χ2n) is 5.89. The van der Waals surface area contributed by atoms with Crippen molar-refractivity contribution in [3.05, 3.63) is 11.6 Å². The van der Waals surface area contributed by atoms with E-state index in [-0.39, 0.29) is 5.79 Å². The Morgan fingerprint density at radius 2 is 2.11 bits per heavy atom. The van der Waals surface area contributed by atoms with E-state index in [1.807, 2.05) is 6.92 Å². The fourth-order valence-corrected chi connectivity index (χ4v) is 3.01. The van der Waals surface area contributed by atoms with Gasteiger partial charge in [-0.3, -0.25) is 0 Å². The van der Waals surface area contributed by atoms with Gasteiger partial charge < -0.3 is 14.8 Å². The minimum atomic E-state index is -0.351. The smallest absolute Gasteiger partial charge is 0.166 e. The topological polar surface area (TPSA) is 30.5 Å². The van der Waals surface area contributed by atoms with Gasteiger partial charge >= 0.3 is 0 Å². The molecule has 0 aromatic carbocycles. The molecule has 18 heavy (non-hydrogen) atoms. The first-order chi connectivity index (χ1) is 8.61. The molecule has 3 heteroatoms. The summed E-state index contributed by atoms with van der Waals surface area (Å²) in [5.74, 6) is 1.16. The Morgan fingerprint density at radius 1 is 1.39 bits per heavy atom. The highest BCUT2D eigenvalue weighted by Gasteiger charge is 2.30. The molecule has 3 nitrogen and oxygen atoms in total. The minimum Gasteiger partial charge on any atom is -0.348 e. The van der Waals surface area contributed by atoms with E-state index in [9.17, 15) is 0 Å². The molecule has 1 saturated heterocycles. The van der Waals surface area contributed by atoms with Gasteiger partial charge in [0, 0.05) is 19.5 Å². The molecule has 0 aromatic rings. The van der Waals surface area contributed by atoms with E-state index in [1.165, 1.54) is 12.8 Å². The van der Waals surface area contributed by atoms with Gasteiger partial charge in [0.2, 0.25) is 0 Å². The van der Waals surface area contributed by atoms with Gasteiger partial charge in [-0.15, -0.1) is 0 Å². The van der Waals surface area contributed by atoms with Crippen molar-refractivity contribution in [1.82, 2.24) is 5.32 Å². The van der Waals surface area contributed by atoms with Crippen LogP contribution in [0.2, 0.25) is 0 Å². The summed E-state index contributed by atoms with van der Waals surface area (Å²) in [4.78, 5) is 0.